The number of piperazine rings is 1. The van der Waals surface area contributed by atoms with E-state index in [1.54, 1.807) is 30.5 Å². The number of nitrogens with one attached hydrogen (secondary N) is 1. The van der Waals surface area contributed by atoms with Gasteiger partial charge in [0.1, 0.15) is 11.9 Å². The number of benzene rings is 1. The van der Waals surface area contributed by atoms with Gasteiger partial charge in [-0.15, -0.1) is 11.6 Å². The molecule has 1 N–H and O–H groups in total. The number of sulfonamides is 1. The summed E-state index contributed by atoms with van der Waals surface area (Å²) in [7, 11) is -3.95. The van der Waals surface area contributed by atoms with Crippen LogP contribution in [0.5, 0.6) is 0 Å². The van der Waals surface area contributed by atoms with Gasteiger partial charge in [0.25, 0.3) is 0 Å². The summed E-state index contributed by atoms with van der Waals surface area (Å²) in [6.45, 7) is 1.82. The molecule has 0 spiro atoms. The molecule has 9 nitrogen and oxygen atoms in total. The summed E-state index contributed by atoms with van der Waals surface area (Å²) in [6, 6.07) is 6.43. The Kier molecular flexibility index (Phi) is 7.88. The lowest BCUT2D eigenvalue weighted by molar-refractivity contribution is -0.132. The number of alkyl halides is 1. The molecule has 0 saturated carbocycles. The number of esters is 1. The average molecular weight is 500 g/mol. The van der Waals surface area contributed by atoms with Crippen molar-refractivity contribution in [3.8, 4) is 0 Å². The van der Waals surface area contributed by atoms with Crippen molar-refractivity contribution in [2.75, 3.05) is 37.4 Å². The number of hydrogen-bond donors (Lipinski definition) is 1. The molecule has 1 saturated heterocycles. The number of rotatable bonds is 7. The summed E-state index contributed by atoms with van der Waals surface area (Å²) >= 11 is 6.88. The van der Waals surface area contributed by atoms with Crippen LogP contribution in [0.15, 0.2) is 46.0 Å². The molecule has 12 heteroatoms. The van der Waals surface area contributed by atoms with E-state index in [4.69, 9.17) is 16.3 Å². The molecule has 2 aromatic rings. The molecule has 1 fully saturated rings. The molecule has 2 amide bonds. The second-order valence-corrected chi connectivity index (χ2v) is 9.79. The van der Waals surface area contributed by atoms with Gasteiger partial charge < -0.3 is 15.0 Å². The number of ether oxygens (including phenoxy) is 1. The van der Waals surface area contributed by atoms with E-state index in [0.717, 1.165) is 4.31 Å². The van der Waals surface area contributed by atoms with Gasteiger partial charge in [0.2, 0.25) is 21.8 Å². The second kappa shape index (κ2) is 10.4. The molecule has 1 aliphatic rings. The molecule has 172 valence electrons. The van der Waals surface area contributed by atoms with E-state index in [1.807, 2.05) is 0 Å². The first-order valence-electron chi connectivity index (χ1n) is 9.73. The van der Waals surface area contributed by atoms with Crippen LogP contribution in [0.2, 0.25) is 0 Å². The van der Waals surface area contributed by atoms with Gasteiger partial charge in [-0.2, -0.15) is 15.6 Å². The molecule has 1 aromatic carbocycles. The highest BCUT2D eigenvalue weighted by molar-refractivity contribution is 7.89. The van der Waals surface area contributed by atoms with Gasteiger partial charge in [-0.1, -0.05) is 6.07 Å². The monoisotopic (exact) mass is 499 g/mol. The minimum Gasteiger partial charge on any atom is -0.462 e. The van der Waals surface area contributed by atoms with Crippen molar-refractivity contribution in [2.45, 2.75) is 17.9 Å². The molecule has 0 aliphatic carbocycles. The number of amides is 2. The van der Waals surface area contributed by atoms with Crippen LogP contribution in [-0.4, -0.2) is 73.6 Å². The van der Waals surface area contributed by atoms with Crippen LogP contribution < -0.4 is 5.32 Å². The van der Waals surface area contributed by atoms with Gasteiger partial charge in [-0.3, -0.25) is 9.59 Å². The fourth-order valence-electron chi connectivity index (χ4n) is 3.28. The largest absolute Gasteiger partial charge is 0.462 e. The topological polar surface area (TPSA) is 113 Å². The van der Waals surface area contributed by atoms with Crippen LogP contribution in [0.4, 0.5) is 5.69 Å². The zero-order valence-electron chi connectivity index (χ0n) is 17.2. The zero-order valence-corrected chi connectivity index (χ0v) is 19.6. The summed E-state index contributed by atoms with van der Waals surface area (Å²) in [5.41, 5.74) is 0.546. The average Bonchev–Trinajstić information content (AvgIpc) is 3.34. The van der Waals surface area contributed by atoms with Crippen LogP contribution in [0.25, 0.3) is 0 Å². The van der Waals surface area contributed by atoms with E-state index >= 15 is 0 Å². The lowest BCUT2D eigenvalue weighted by Crippen LogP contribution is -2.60. The normalized spacial score (nSPS) is 17.1. The van der Waals surface area contributed by atoms with E-state index in [1.165, 1.54) is 33.7 Å². The number of hydrogen-bond acceptors (Lipinski definition) is 7. The summed E-state index contributed by atoms with van der Waals surface area (Å²) < 4.78 is 32.3. The molecule has 2 heterocycles. The van der Waals surface area contributed by atoms with Crippen molar-refractivity contribution in [3.05, 3.63) is 46.7 Å². The van der Waals surface area contributed by atoms with Gasteiger partial charge >= 0.3 is 5.97 Å². The highest BCUT2D eigenvalue weighted by Gasteiger charge is 2.41. The van der Waals surface area contributed by atoms with Crippen molar-refractivity contribution < 1.29 is 27.5 Å². The zero-order chi connectivity index (χ0) is 23.3. The van der Waals surface area contributed by atoms with Crippen LogP contribution in [-0.2, 0) is 24.3 Å². The minimum absolute atomic E-state index is 0.0538. The minimum atomic E-state index is -3.95. The number of carbonyl (C=O) groups excluding carboxylic acids is 3. The first-order chi connectivity index (χ1) is 15.3. The van der Waals surface area contributed by atoms with Crippen LogP contribution in [0, 0.1) is 0 Å². The van der Waals surface area contributed by atoms with Crippen molar-refractivity contribution in [1.82, 2.24) is 9.21 Å². The Bertz CT molecular complexity index is 1090. The molecule has 1 aromatic heterocycles. The lowest BCUT2D eigenvalue weighted by atomic mass is 10.1. The Morgan fingerprint density at radius 3 is 2.69 bits per heavy atom. The molecule has 0 bridgehead atoms. The number of thiophene rings is 1. The molecule has 1 aliphatic heterocycles. The molecule has 32 heavy (non-hydrogen) atoms. The maximum atomic E-state index is 13.2. The summed E-state index contributed by atoms with van der Waals surface area (Å²) in [6.07, 6.45) is 0. The Morgan fingerprint density at radius 1 is 1.25 bits per heavy atom. The lowest BCUT2D eigenvalue weighted by Gasteiger charge is -2.39. The SMILES string of the molecule is CCOC(=O)c1cccc(NC(=O)[C@@H]2CN(C(=O)CCl)CCN2S(=O)(=O)c2ccsc2)c1. The predicted octanol–water partition coefficient (Wildman–Crippen LogP) is 2.00. The van der Waals surface area contributed by atoms with Gasteiger partial charge in [-0.05, 0) is 36.6 Å². The first-order valence-corrected chi connectivity index (χ1v) is 12.7. The molecule has 0 unspecified atom stereocenters. The van der Waals surface area contributed by atoms with E-state index in [9.17, 15) is 22.8 Å². The van der Waals surface area contributed by atoms with Gasteiger partial charge in [0.05, 0.1) is 17.1 Å². The Hall–Kier alpha value is -2.47. The van der Waals surface area contributed by atoms with E-state index in [-0.39, 0.29) is 48.5 Å². The van der Waals surface area contributed by atoms with Crippen molar-refractivity contribution >= 4 is 56.4 Å². The van der Waals surface area contributed by atoms with E-state index in [2.05, 4.69) is 5.32 Å². The fraction of sp³-hybridized carbons (Fsp3) is 0.350. The Morgan fingerprint density at radius 2 is 2.03 bits per heavy atom. The molecular weight excluding hydrogens is 478 g/mol. The first kappa shape index (κ1) is 24.2. The highest BCUT2D eigenvalue weighted by atomic mass is 35.5. The highest BCUT2D eigenvalue weighted by Crippen LogP contribution is 2.24. The van der Waals surface area contributed by atoms with Crippen molar-refractivity contribution in [2.24, 2.45) is 0 Å². The van der Waals surface area contributed by atoms with Gasteiger partial charge in [-0.25, -0.2) is 13.2 Å². The van der Waals surface area contributed by atoms with Crippen LogP contribution in [0.1, 0.15) is 17.3 Å². The summed E-state index contributed by atoms with van der Waals surface area (Å²) in [4.78, 5) is 38.7. The third kappa shape index (κ3) is 5.29. The molecule has 0 radical (unpaired) electrons. The van der Waals surface area contributed by atoms with E-state index in [0.29, 0.717) is 5.69 Å². The number of carbonyl (C=O) groups is 3. The van der Waals surface area contributed by atoms with Gasteiger partial charge in [0.15, 0.2) is 0 Å². The smallest absolute Gasteiger partial charge is 0.338 e. The number of halogens is 1. The molecule has 1 atom stereocenters. The van der Waals surface area contributed by atoms with E-state index < -0.39 is 27.9 Å². The Balaban J connectivity index is 1.87. The van der Waals surface area contributed by atoms with Crippen LogP contribution in [0.3, 0.4) is 0 Å². The quantitative estimate of drug-likeness (QED) is 0.460. The maximum Gasteiger partial charge on any atom is 0.338 e. The standard InChI is InChI=1S/C20H22ClN3O6S2/c1-2-30-20(27)14-4-3-5-15(10-14)22-19(26)17-12-23(18(25)11-21)7-8-24(17)32(28,29)16-6-9-31-13-16/h3-6,9-10,13,17H,2,7-8,11-12H2,1H3,(H,22,26)/t17-/m0/s1. The maximum absolute atomic E-state index is 13.2. The fourth-order valence-corrected chi connectivity index (χ4v) is 6.03. The summed E-state index contributed by atoms with van der Waals surface area (Å²) in [5.74, 6) is -1.83. The molecular formula is C20H22ClN3O6S2. The third-order valence-corrected chi connectivity index (χ3v) is 7.81. The van der Waals surface area contributed by atoms with Crippen molar-refractivity contribution in [3.63, 3.8) is 0 Å². The Labute approximate surface area is 195 Å². The third-order valence-electron chi connectivity index (χ3n) is 4.84. The van der Waals surface area contributed by atoms with Gasteiger partial charge in [0, 0.05) is 30.7 Å². The number of anilines is 1. The van der Waals surface area contributed by atoms with Crippen molar-refractivity contribution in [1.29, 1.82) is 0 Å². The number of nitrogens with zero attached hydrogens (tertiary/aromatic N) is 2. The van der Waals surface area contributed by atoms with Crippen LogP contribution >= 0.6 is 22.9 Å². The summed E-state index contributed by atoms with van der Waals surface area (Å²) in [5, 5.41) is 5.78. The second-order valence-electron chi connectivity index (χ2n) is 6.85. The predicted molar refractivity (Wildman–Crippen MR) is 120 cm³/mol. The molecule has 3 rings (SSSR count).